The average molecular weight is 303 g/mol. The molecule has 2 aromatic rings. The van der Waals surface area contributed by atoms with Crippen LogP contribution in [0, 0.1) is 0 Å². The maximum absolute atomic E-state index is 4.28. The van der Waals surface area contributed by atoms with Crippen LogP contribution >= 0.6 is 38.6 Å². The van der Waals surface area contributed by atoms with Crippen LogP contribution in [0.4, 0.5) is 0 Å². The molecule has 0 amide bonds. The van der Waals surface area contributed by atoms with Crippen molar-refractivity contribution in [3.63, 3.8) is 0 Å². The summed E-state index contributed by atoms with van der Waals surface area (Å²) in [6.45, 7) is 3.04. The maximum Gasteiger partial charge on any atom is 0.109 e. The van der Waals surface area contributed by atoms with E-state index in [1.54, 1.807) is 22.7 Å². The molecule has 1 N–H and O–H groups in total. The number of thiophene rings is 1. The minimum absolute atomic E-state index is 0.325. The van der Waals surface area contributed by atoms with E-state index in [-0.39, 0.29) is 0 Å². The molecule has 2 heterocycles. The van der Waals surface area contributed by atoms with Gasteiger partial charge in [-0.05, 0) is 28.9 Å². The van der Waals surface area contributed by atoms with Crippen LogP contribution in [0.5, 0.6) is 0 Å². The zero-order valence-corrected chi connectivity index (χ0v) is 11.5. The smallest absolute Gasteiger partial charge is 0.109 e. The van der Waals surface area contributed by atoms with Crippen LogP contribution in [-0.2, 0) is 6.54 Å². The maximum atomic E-state index is 4.28. The van der Waals surface area contributed by atoms with Gasteiger partial charge in [-0.1, -0.05) is 0 Å². The van der Waals surface area contributed by atoms with Gasteiger partial charge in [-0.15, -0.1) is 22.7 Å². The van der Waals surface area contributed by atoms with E-state index in [0.717, 1.165) is 16.0 Å². The quantitative estimate of drug-likeness (QED) is 0.929. The van der Waals surface area contributed by atoms with Gasteiger partial charge in [0.15, 0.2) is 0 Å². The van der Waals surface area contributed by atoms with Crippen LogP contribution in [-0.4, -0.2) is 4.98 Å². The summed E-state index contributed by atoms with van der Waals surface area (Å²) >= 11 is 6.90. The predicted octanol–water partition coefficient (Wildman–Crippen LogP) is 3.82. The molecule has 2 aromatic heterocycles. The molecule has 0 bridgehead atoms. The number of aromatic nitrogens is 1. The fourth-order valence-corrected chi connectivity index (χ4v) is 3.31. The second-order valence-electron chi connectivity index (χ2n) is 3.20. The van der Waals surface area contributed by atoms with Gasteiger partial charge in [-0.25, -0.2) is 4.98 Å². The van der Waals surface area contributed by atoms with Gasteiger partial charge in [0, 0.05) is 32.9 Å². The topological polar surface area (TPSA) is 24.9 Å². The molecule has 15 heavy (non-hydrogen) atoms. The Morgan fingerprint density at radius 1 is 1.53 bits per heavy atom. The van der Waals surface area contributed by atoms with Crippen LogP contribution in [0.2, 0.25) is 0 Å². The van der Waals surface area contributed by atoms with E-state index in [4.69, 9.17) is 0 Å². The largest absolute Gasteiger partial charge is 0.303 e. The highest BCUT2D eigenvalue weighted by molar-refractivity contribution is 9.10. The van der Waals surface area contributed by atoms with Gasteiger partial charge in [0.25, 0.3) is 0 Å². The summed E-state index contributed by atoms with van der Waals surface area (Å²) < 4.78 is 1.16. The van der Waals surface area contributed by atoms with Crippen molar-refractivity contribution in [3.05, 3.63) is 37.4 Å². The molecule has 5 heteroatoms. The van der Waals surface area contributed by atoms with Crippen LogP contribution in [0.25, 0.3) is 0 Å². The molecule has 0 radical (unpaired) electrons. The van der Waals surface area contributed by atoms with Gasteiger partial charge in [0.1, 0.15) is 5.01 Å². The van der Waals surface area contributed by atoms with Crippen molar-refractivity contribution in [1.82, 2.24) is 10.3 Å². The van der Waals surface area contributed by atoms with Crippen molar-refractivity contribution in [2.24, 2.45) is 0 Å². The molecule has 80 valence electrons. The number of rotatable bonds is 4. The van der Waals surface area contributed by atoms with Crippen molar-refractivity contribution >= 4 is 38.6 Å². The highest BCUT2D eigenvalue weighted by Crippen LogP contribution is 2.21. The molecule has 0 saturated carbocycles. The Bertz CT molecular complexity index is 411. The summed E-state index contributed by atoms with van der Waals surface area (Å²) in [5, 5.41) is 8.71. The molecular formula is C10H11BrN2S2. The van der Waals surface area contributed by atoms with Gasteiger partial charge in [-0.2, -0.15) is 0 Å². The van der Waals surface area contributed by atoms with Gasteiger partial charge >= 0.3 is 0 Å². The van der Waals surface area contributed by atoms with Gasteiger partial charge in [-0.3, -0.25) is 0 Å². The first-order valence-corrected chi connectivity index (χ1v) is 7.16. The van der Waals surface area contributed by atoms with Crippen LogP contribution in [0.15, 0.2) is 27.5 Å². The fraction of sp³-hybridized carbons (Fsp3) is 0.300. The lowest BCUT2D eigenvalue weighted by molar-refractivity contribution is 0.576. The van der Waals surface area contributed by atoms with Crippen molar-refractivity contribution in [3.8, 4) is 0 Å². The molecule has 0 spiro atoms. The van der Waals surface area contributed by atoms with Crippen molar-refractivity contribution in [1.29, 1.82) is 0 Å². The van der Waals surface area contributed by atoms with E-state index in [1.165, 1.54) is 4.88 Å². The minimum atomic E-state index is 0.325. The number of halogens is 1. The first-order chi connectivity index (χ1) is 7.25. The zero-order valence-electron chi connectivity index (χ0n) is 8.24. The normalized spacial score (nSPS) is 12.9. The summed E-state index contributed by atoms with van der Waals surface area (Å²) in [6, 6.07) is 2.47. The number of nitrogens with one attached hydrogen (secondary N) is 1. The van der Waals surface area contributed by atoms with Gasteiger partial charge in [0.2, 0.25) is 0 Å². The lowest BCUT2D eigenvalue weighted by atomic mass is 10.3. The predicted molar refractivity (Wildman–Crippen MR) is 69.4 cm³/mol. The van der Waals surface area contributed by atoms with Crippen molar-refractivity contribution in [2.75, 3.05) is 0 Å². The Hall–Kier alpha value is -0.230. The first kappa shape index (κ1) is 11.3. The highest BCUT2D eigenvalue weighted by atomic mass is 79.9. The van der Waals surface area contributed by atoms with Gasteiger partial charge < -0.3 is 5.32 Å². The molecule has 0 fully saturated rings. The number of hydrogen-bond acceptors (Lipinski definition) is 4. The highest BCUT2D eigenvalue weighted by Gasteiger charge is 2.07. The van der Waals surface area contributed by atoms with Crippen LogP contribution < -0.4 is 5.32 Å². The van der Waals surface area contributed by atoms with E-state index in [9.17, 15) is 0 Å². The molecule has 0 aliphatic rings. The average Bonchev–Trinajstić information content (AvgIpc) is 2.84. The summed E-state index contributed by atoms with van der Waals surface area (Å²) in [7, 11) is 0. The summed E-state index contributed by atoms with van der Waals surface area (Å²) in [6.07, 6.45) is 1.85. The fourth-order valence-electron chi connectivity index (χ4n) is 1.24. The van der Waals surface area contributed by atoms with E-state index < -0.39 is 0 Å². The molecule has 0 unspecified atom stereocenters. The van der Waals surface area contributed by atoms with Crippen LogP contribution in [0.1, 0.15) is 22.9 Å². The van der Waals surface area contributed by atoms with E-state index in [1.807, 2.05) is 11.6 Å². The molecule has 2 nitrogen and oxygen atoms in total. The molecule has 0 aliphatic heterocycles. The van der Waals surface area contributed by atoms with Crippen LogP contribution in [0.3, 0.4) is 0 Å². The summed E-state index contributed by atoms with van der Waals surface area (Å²) in [4.78, 5) is 5.62. The van der Waals surface area contributed by atoms with E-state index >= 15 is 0 Å². The number of hydrogen-bond donors (Lipinski definition) is 1. The third-order valence-electron chi connectivity index (χ3n) is 2.03. The van der Waals surface area contributed by atoms with Crippen molar-refractivity contribution < 1.29 is 0 Å². The lowest BCUT2D eigenvalue weighted by Crippen LogP contribution is -2.17. The second-order valence-corrected chi connectivity index (χ2v) is 6.04. The Kier molecular flexibility index (Phi) is 3.91. The standard InChI is InChI=1S/C10H11BrN2S2/c1-7(10-12-2-3-14-10)13-5-9-4-8(11)6-15-9/h2-4,6-7,13H,5H2,1H3/t7-/m1/s1. The number of nitrogens with zero attached hydrogens (tertiary/aromatic N) is 1. The lowest BCUT2D eigenvalue weighted by Gasteiger charge is -2.09. The SMILES string of the molecule is C[C@@H](NCc1cc(Br)cs1)c1nccs1. The number of thiazole rings is 1. The summed E-state index contributed by atoms with van der Waals surface area (Å²) in [5.74, 6) is 0. The Morgan fingerprint density at radius 3 is 3.00 bits per heavy atom. The molecule has 0 aromatic carbocycles. The monoisotopic (exact) mass is 302 g/mol. The Labute approximate surface area is 106 Å². The molecule has 1 atom stereocenters. The second kappa shape index (κ2) is 5.21. The first-order valence-electron chi connectivity index (χ1n) is 4.61. The minimum Gasteiger partial charge on any atom is -0.303 e. The molecular weight excluding hydrogens is 292 g/mol. The molecule has 2 rings (SSSR count). The molecule has 0 aliphatic carbocycles. The third-order valence-corrected chi connectivity index (χ3v) is 4.68. The Balaban J connectivity index is 1.88. The van der Waals surface area contributed by atoms with E-state index in [0.29, 0.717) is 6.04 Å². The third kappa shape index (κ3) is 3.11. The van der Waals surface area contributed by atoms with Crippen molar-refractivity contribution in [2.45, 2.75) is 19.5 Å². The Morgan fingerprint density at radius 2 is 2.40 bits per heavy atom. The van der Waals surface area contributed by atoms with E-state index in [2.05, 4.69) is 44.6 Å². The molecule has 0 saturated heterocycles. The summed E-state index contributed by atoms with van der Waals surface area (Å²) in [5.41, 5.74) is 0. The van der Waals surface area contributed by atoms with Gasteiger partial charge in [0.05, 0.1) is 6.04 Å². The zero-order chi connectivity index (χ0) is 10.7.